The maximum Gasteiger partial charge on any atom is 0.214 e. The molecule has 1 heterocycles. The van der Waals surface area contributed by atoms with Crippen molar-refractivity contribution in [2.75, 3.05) is 12.5 Å². The summed E-state index contributed by atoms with van der Waals surface area (Å²) in [7, 11) is 1.63. The third-order valence-corrected chi connectivity index (χ3v) is 5.07. The average Bonchev–Trinajstić information content (AvgIpc) is 2.97. The number of halogens is 1. The molecule has 3 rings (SSSR count). The number of H-pyrrole nitrogens is 1. The van der Waals surface area contributed by atoms with E-state index in [9.17, 15) is 0 Å². The molecule has 0 saturated heterocycles. The molecule has 0 aliphatic carbocycles. The molecular formula is C19H21BrN4O2S. The van der Waals surface area contributed by atoms with Gasteiger partial charge in [-0.3, -0.25) is 5.10 Å². The van der Waals surface area contributed by atoms with Crippen molar-refractivity contribution >= 4 is 28.1 Å². The highest BCUT2D eigenvalue weighted by Crippen LogP contribution is 2.37. The Morgan fingerprint density at radius 2 is 2.04 bits per heavy atom. The number of nitrogens with one attached hydrogen (secondary N) is 2. The van der Waals surface area contributed by atoms with E-state index < -0.39 is 0 Å². The largest absolute Gasteiger partial charge is 0.493 e. The van der Waals surface area contributed by atoms with Gasteiger partial charge in [0.25, 0.3) is 0 Å². The molecule has 1 aromatic heterocycles. The maximum absolute atomic E-state index is 6.04. The second-order valence-corrected chi connectivity index (χ2v) is 7.31. The summed E-state index contributed by atoms with van der Waals surface area (Å²) < 4.78 is 14.7. The molecular weight excluding hydrogens is 428 g/mol. The van der Waals surface area contributed by atoms with Crippen LogP contribution in [0.5, 0.6) is 11.5 Å². The molecule has 0 aliphatic rings. The van der Waals surface area contributed by atoms with Crippen LogP contribution >= 0.6 is 28.1 Å². The van der Waals surface area contributed by atoms with Crippen molar-refractivity contribution in [1.29, 1.82) is 0 Å². The molecule has 0 unspecified atom stereocenters. The van der Waals surface area contributed by atoms with Gasteiger partial charge in [-0.05, 0) is 70.8 Å². The lowest BCUT2D eigenvalue weighted by Crippen LogP contribution is -2.16. The first-order valence-corrected chi connectivity index (χ1v) is 9.61. The highest BCUT2D eigenvalue weighted by atomic mass is 79.9. The van der Waals surface area contributed by atoms with Crippen molar-refractivity contribution in [3.05, 3.63) is 68.2 Å². The molecule has 3 aromatic rings. The van der Waals surface area contributed by atoms with Crippen molar-refractivity contribution in [2.45, 2.75) is 27.0 Å². The number of aromatic amines is 1. The first-order chi connectivity index (χ1) is 13.0. The zero-order valence-electron chi connectivity index (χ0n) is 15.4. The van der Waals surface area contributed by atoms with Crippen LogP contribution in [-0.4, -0.2) is 22.0 Å². The van der Waals surface area contributed by atoms with Gasteiger partial charge in [0.15, 0.2) is 11.5 Å². The van der Waals surface area contributed by atoms with Crippen LogP contribution < -0.4 is 14.9 Å². The summed E-state index contributed by atoms with van der Waals surface area (Å²) in [4.78, 5) is 0. The van der Waals surface area contributed by atoms with E-state index in [0.29, 0.717) is 29.4 Å². The molecule has 27 heavy (non-hydrogen) atoms. The summed E-state index contributed by atoms with van der Waals surface area (Å²) in [6.07, 6.45) is 0. The van der Waals surface area contributed by atoms with Crippen molar-refractivity contribution in [1.82, 2.24) is 14.9 Å². The highest BCUT2D eigenvalue weighted by Gasteiger charge is 2.13. The van der Waals surface area contributed by atoms with Crippen LogP contribution in [0.15, 0.2) is 40.9 Å². The molecule has 0 aliphatic heterocycles. The van der Waals surface area contributed by atoms with Crippen molar-refractivity contribution < 1.29 is 9.47 Å². The molecule has 0 fully saturated rings. The molecule has 0 amide bonds. The van der Waals surface area contributed by atoms with Crippen molar-refractivity contribution in [2.24, 2.45) is 0 Å². The van der Waals surface area contributed by atoms with Crippen LogP contribution in [0.1, 0.15) is 22.5 Å². The summed E-state index contributed by atoms with van der Waals surface area (Å²) in [5, 5.41) is 6.84. The second-order valence-electron chi connectivity index (χ2n) is 6.07. The Balaban J connectivity index is 1.76. The SMILES string of the molecule is COc1cc(CNn2c(C)n[nH]c2=S)cc(Br)c1OCc1ccccc1C. The summed E-state index contributed by atoms with van der Waals surface area (Å²) >= 11 is 8.80. The van der Waals surface area contributed by atoms with Gasteiger partial charge in [0, 0.05) is 0 Å². The summed E-state index contributed by atoms with van der Waals surface area (Å²) in [6.45, 7) is 4.98. The number of hydrogen-bond acceptors (Lipinski definition) is 5. The third kappa shape index (κ3) is 4.51. The number of rotatable bonds is 7. The molecule has 8 heteroatoms. The Kier molecular flexibility index (Phi) is 6.18. The number of aryl methyl sites for hydroxylation is 2. The van der Waals surface area contributed by atoms with E-state index in [1.165, 1.54) is 5.56 Å². The van der Waals surface area contributed by atoms with E-state index in [0.717, 1.165) is 21.4 Å². The first-order valence-electron chi connectivity index (χ1n) is 8.41. The lowest BCUT2D eigenvalue weighted by atomic mass is 10.1. The average molecular weight is 449 g/mol. The van der Waals surface area contributed by atoms with Gasteiger partial charge in [0.1, 0.15) is 12.4 Å². The Hall–Kier alpha value is -2.32. The smallest absolute Gasteiger partial charge is 0.214 e. The topological polar surface area (TPSA) is 64.1 Å². The molecule has 0 saturated carbocycles. The fourth-order valence-corrected chi connectivity index (χ4v) is 3.52. The number of nitrogens with zero attached hydrogens (tertiary/aromatic N) is 2. The zero-order valence-corrected chi connectivity index (χ0v) is 17.8. The Morgan fingerprint density at radius 3 is 2.70 bits per heavy atom. The summed E-state index contributed by atoms with van der Waals surface area (Å²) in [5.41, 5.74) is 6.60. The van der Waals surface area contributed by atoms with Crippen molar-refractivity contribution in [3.63, 3.8) is 0 Å². The van der Waals surface area contributed by atoms with Gasteiger partial charge in [0.05, 0.1) is 18.1 Å². The molecule has 2 N–H and O–H groups in total. The van der Waals surface area contributed by atoms with E-state index >= 15 is 0 Å². The van der Waals surface area contributed by atoms with Gasteiger partial charge in [-0.1, -0.05) is 24.3 Å². The molecule has 0 radical (unpaired) electrons. The van der Waals surface area contributed by atoms with Gasteiger partial charge < -0.3 is 14.9 Å². The number of hydrogen-bond donors (Lipinski definition) is 2. The summed E-state index contributed by atoms with van der Waals surface area (Å²) in [5.74, 6) is 2.12. The predicted octanol–water partition coefficient (Wildman–Crippen LogP) is 4.65. The third-order valence-electron chi connectivity index (χ3n) is 4.20. The highest BCUT2D eigenvalue weighted by molar-refractivity contribution is 9.10. The summed E-state index contributed by atoms with van der Waals surface area (Å²) in [6, 6.07) is 12.1. The lowest BCUT2D eigenvalue weighted by Gasteiger charge is -2.16. The van der Waals surface area contributed by atoms with Gasteiger partial charge in [-0.15, -0.1) is 0 Å². The van der Waals surface area contributed by atoms with Crippen molar-refractivity contribution in [3.8, 4) is 11.5 Å². The molecule has 0 bridgehead atoms. The van der Waals surface area contributed by atoms with Gasteiger partial charge in [0.2, 0.25) is 4.77 Å². The minimum atomic E-state index is 0.475. The van der Waals surface area contributed by atoms with Gasteiger partial charge in [-0.25, -0.2) is 4.68 Å². The second kappa shape index (κ2) is 8.58. The quantitative estimate of drug-likeness (QED) is 0.514. The van der Waals surface area contributed by atoms with Crippen LogP contribution in [0.2, 0.25) is 0 Å². The molecule has 2 aromatic carbocycles. The molecule has 6 nitrogen and oxygen atoms in total. The fraction of sp³-hybridized carbons (Fsp3) is 0.263. The molecule has 0 spiro atoms. The van der Waals surface area contributed by atoms with E-state index in [2.05, 4.69) is 50.6 Å². The zero-order chi connectivity index (χ0) is 19.4. The van der Waals surface area contributed by atoms with Crippen LogP contribution in [0, 0.1) is 18.6 Å². The standard InChI is InChI=1S/C19H21BrN4O2S/c1-12-6-4-5-7-15(12)11-26-18-16(20)8-14(9-17(18)25-3)10-21-24-13(2)22-23-19(24)27/h4-9,21H,10-11H2,1-3H3,(H,23,27). The van der Waals surface area contributed by atoms with Crippen LogP contribution in [0.25, 0.3) is 0 Å². The Morgan fingerprint density at radius 1 is 1.26 bits per heavy atom. The number of benzene rings is 2. The van der Waals surface area contributed by atoms with Crippen LogP contribution in [-0.2, 0) is 13.2 Å². The van der Waals surface area contributed by atoms with E-state index in [4.69, 9.17) is 21.7 Å². The minimum absolute atomic E-state index is 0.475. The Bertz CT molecular complexity index is 1000. The minimum Gasteiger partial charge on any atom is -0.493 e. The lowest BCUT2D eigenvalue weighted by molar-refractivity contribution is 0.282. The maximum atomic E-state index is 6.04. The monoisotopic (exact) mass is 448 g/mol. The Labute approximate surface area is 171 Å². The number of methoxy groups -OCH3 is 1. The van der Waals surface area contributed by atoms with Gasteiger partial charge >= 0.3 is 0 Å². The van der Waals surface area contributed by atoms with Crippen LogP contribution in [0.3, 0.4) is 0 Å². The van der Waals surface area contributed by atoms with Gasteiger partial charge in [-0.2, -0.15) is 5.10 Å². The van der Waals surface area contributed by atoms with Crippen LogP contribution in [0.4, 0.5) is 0 Å². The molecule has 142 valence electrons. The number of aromatic nitrogens is 3. The first kappa shape index (κ1) is 19.4. The van der Waals surface area contributed by atoms with E-state index in [-0.39, 0.29) is 0 Å². The predicted molar refractivity (Wildman–Crippen MR) is 111 cm³/mol. The van der Waals surface area contributed by atoms with E-state index in [1.807, 2.05) is 31.2 Å². The normalized spacial score (nSPS) is 10.7. The number of ether oxygens (including phenoxy) is 2. The molecule has 0 atom stereocenters. The fourth-order valence-electron chi connectivity index (χ4n) is 2.67. The van der Waals surface area contributed by atoms with E-state index in [1.54, 1.807) is 11.8 Å².